The van der Waals surface area contributed by atoms with Crippen LogP contribution in [0.15, 0.2) is 24.3 Å². The number of hydrogen-bond acceptors (Lipinski definition) is 4. The molecule has 2 N–H and O–H groups in total. The highest BCUT2D eigenvalue weighted by Crippen LogP contribution is 2.18. The van der Waals surface area contributed by atoms with E-state index in [2.05, 4.69) is 23.9 Å². The lowest BCUT2D eigenvalue weighted by Gasteiger charge is -2.18. The van der Waals surface area contributed by atoms with Crippen molar-refractivity contribution in [2.75, 3.05) is 13.7 Å². The summed E-state index contributed by atoms with van der Waals surface area (Å²) in [5.41, 5.74) is 2.10. The Hall–Kier alpha value is -1.88. The lowest BCUT2D eigenvalue weighted by molar-refractivity contribution is -0.146. The Morgan fingerprint density at radius 1 is 1.18 bits per heavy atom. The van der Waals surface area contributed by atoms with Crippen LogP contribution in [0.2, 0.25) is 0 Å². The van der Waals surface area contributed by atoms with E-state index in [1.54, 1.807) is 6.92 Å². The third-order valence-electron chi connectivity index (χ3n) is 3.50. The highest BCUT2D eigenvalue weighted by atomic mass is 16.5. The second-order valence-corrected chi connectivity index (χ2v) is 5.83. The molecule has 0 radical (unpaired) electrons. The Morgan fingerprint density at radius 2 is 1.77 bits per heavy atom. The Balaban J connectivity index is 2.71. The fourth-order valence-corrected chi connectivity index (χ4v) is 2.18. The molecule has 0 saturated heterocycles. The third-order valence-corrected chi connectivity index (χ3v) is 3.50. The van der Waals surface area contributed by atoms with E-state index in [1.165, 1.54) is 12.7 Å². The molecule has 1 rings (SSSR count). The number of carbonyl (C=O) groups excluding carboxylic acids is 2. The molecule has 2 atom stereocenters. The maximum absolute atomic E-state index is 12.2. The molecule has 0 fully saturated rings. The molecule has 22 heavy (non-hydrogen) atoms. The van der Waals surface area contributed by atoms with Crippen LogP contribution in [-0.4, -0.2) is 36.7 Å². The molecule has 0 aliphatic heterocycles. The molecular weight excluding hydrogens is 282 g/mol. The van der Waals surface area contributed by atoms with Crippen molar-refractivity contribution in [3.63, 3.8) is 0 Å². The first-order chi connectivity index (χ1) is 10.4. The number of methoxy groups -OCH3 is 1. The molecule has 0 spiro atoms. The van der Waals surface area contributed by atoms with Crippen LogP contribution in [0.25, 0.3) is 0 Å². The number of nitrogens with one attached hydrogen (secondary N) is 1. The van der Waals surface area contributed by atoms with Gasteiger partial charge in [-0.05, 0) is 30.4 Å². The monoisotopic (exact) mass is 307 g/mol. The normalized spacial score (nSPS) is 13.5. The molecule has 0 aromatic heterocycles. The second-order valence-electron chi connectivity index (χ2n) is 5.83. The average molecular weight is 307 g/mol. The predicted octanol–water partition coefficient (Wildman–Crippen LogP) is 1.64. The number of hydrogen-bond donors (Lipinski definition) is 2. The average Bonchev–Trinajstić information content (AvgIpc) is 2.51. The number of ether oxygens (including phenoxy) is 1. The van der Waals surface area contributed by atoms with E-state index in [4.69, 9.17) is 5.11 Å². The lowest BCUT2D eigenvalue weighted by atomic mass is 9.96. The van der Waals surface area contributed by atoms with Crippen LogP contribution in [0.1, 0.15) is 37.8 Å². The maximum atomic E-state index is 12.2. The van der Waals surface area contributed by atoms with Crippen LogP contribution in [0, 0.1) is 5.92 Å². The summed E-state index contributed by atoms with van der Waals surface area (Å²) in [5.74, 6) is -0.805. The number of benzene rings is 1. The van der Waals surface area contributed by atoms with Crippen LogP contribution in [-0.2, 0) is 20.7 Å². The molecule has 1 amide bonds. The number of aliphatic hydroxyl groups excluding tert-OH is 1. The quantitative estimate of drug-likeness (QED) is 0.751. The molecule has 0 aliphatic carbocycles. The first-order valence-corrected chi connectivity index (χ1v) is 7.47. The van der Waals surface area contributed by atoms with Gasteiger partial charge in [-0.15, -0.1) is 0 Å². The van der Waals surface area contributed by atoms with Gasteiger partial charge in [-0.2, -0.15) is 0 Å². The molecule has 0 saturated carbocycles. The Kier molecular flexibility index (Phi) is 7.05. The number of esters is 1. The maximum Gasteiger partial charge on any atom is 0.330 e. The summed E-state index contributed by atoms with van der Waals surface area (Å²) in [7, 11) is 1.22. The van der Waals surface area contributed by atoms with Gasteiger partial charge in [0.1, 0.15) is 0 Å². The van der Waals surface area contributed by atoms with E-state index < -0.39 is 24.5 Å². The topological polar surface area (TPSA) is 75.6 Å². The zero-order valence-electron chi connectivity index (χ0n) is 13.6. The summed E-state index contributed by atoms with van der Waals surface area (Å²) in [6.45, 7) is 5.59. The first-order valence-electron chi connectivity index (χ1n) is 7.47. The van der Waals surface area contributed by atoms with E-state index in [9.17, 15) is 9.59 Å². The minimum Gasteiger partial charge on any atom is -0.467 e. The minimum atomic E-state index is -1.03. The van der Waals surface area contributed by atoms with Crippen LogP contribution < -0.4 is 5.32 Å². The van der Waals surface area contributed by atoms with E-state index in [0.29, 0.717) is 5.92 Å². The SMILES string of the molecule is COC(=O)[C@H](CO)NC(=O)[C@H](C)c1ccc(CC(C)C)cc1. The summed E-state index contributed by atoms with van der Waals surface area (Å²) >= 11 is 0. The van der Waals surface area contributed by atoms with Crippen molar-refractivity contribution >= 4 is 11.9 Å². The highest BCUT2D eigenvalue weighted by Gasteiger charge is 2.24. The third kappa shape index (κ3) is 5.15. The van der Waals surface area contributed by atoms with Crippen LogP contribution in [0.3, 0.4) is 0 Å². The standard InChI is InChI=1S/C17H25NO4/c1-11(2)9-13-5-7-14(8-6-13)12(3)16(20)18-15(10-19)17(21)22-4/h5-8,11-12,15,19H,9-10H2,1-4H3,(H,18,20)/t12-,15+/m1/s1. The molecule has 122 valence electrons. The molecule has 0 aliphatic rings. The van der Waals surface area contributed by atoms with E-state index in [-0.39, 0.29) is 5.91 Å². The highest BCUT2D eigenvalue weighted by molar-refractivity contribution is 5.88. The summed E-state index contributed by atoms with van der Waals surface area (Å²) in [6, 6.07) is 6.86. The van der Waals surface area contributed by atoms with Crippen LogP contribution >= 0.6 is 0 Å². The minimum absolute atomic E-state index is 0.318. The second kappa shape index (κ2) is 8.54. The molecule has 1 aromatic carbocycles. The molecule has 5 heteroatoms. The Bertz CT molecular complexity index is 496. The van der Waals surface area contributed by atoms with E-state index >= 15 is 0 Å². The van der Waals surface area contributed by atoms with Crippen molar-refractivity contribution in [1.82, 2.24) is 5.32 Å². The molecular formula is C17H25NO4. The Labute approximate surface area is 131 Å². The predicted molar refractivity (Wildman–Crippen MR) is 84.4 cm³/mol. The zero-order valence-corrected chi connectivity index (χ0v) is 13.6. The van der Waals surface area contributed by atoms with Crippen molar-refractivity contribution in [3.05, 3.63) is 35.4 Å². The first kappa shape index (κ1) is 18.2. The van der Waals surface area contributed by atoms with E-state index in [1.807, 2.05) is 24.3 Å². The van der Waals surface area contributed by atoms with Crippen molar-refractivity contribution in [2.45, 2.75) is 39.2 Å². The van der Waals surface area contributed by atoms with Gasteiger partial charge in [-0.3, -0.25) is 4.79 Å². The van der Waals surface area contributed by atoms with Crippen LogP contribution in [0.4, 0.5) is 0 Å². The van der Waals surface area contributed by atoms with Crippen molar-refractivity contribution in [1.29, 1.82) is 0 Å². The van der Waals surface area contributed by atoms with Gasteiger partial charge in [0.2, 0.25) is 5.91 Å². The summed E-state index contributed by atoms with van der Waals surface area (Å²) in [4.78, 5) is 23.6. The summed E-state index contributed by atoms with van der Waals surface area (Å²) < 4.78 is 4.53. The van der Waals surface area contributed by atoms with Crippen molar-refractivity contribution in [3.8, 4) is 0 Å². The number of aliphatic hydroxyl groups is 1. The Morgan fingerprint density at radius 3 is 2.23 bits per heavy atom. The molecule has 0 heterocycles. The van der Waals surface area contributed by atoms with Gasteiger partial charge < -0.3 is 15.2 Å². The van der Waals surface area contributed by atoms with Gasteiger partial charge in [0, 0.05) is 0 Å². The summed E-state index contributed by atoms with van der Waals surface area (Å²) in [5, 5.41) is 11.6. The summed E-state index contributed by atoms with van der Waals surface area (Å²) in [6.07, 6.45) is 0.996. The van der Waals surface area contributed by atoms with Gasteiger partial charge in [-0.25, -0.2) is 4.79 Å². The van der Waals surface area contributed by atoms with Gasteiger partial charge >= 0.3 is 5.97 Å². The smallest absolute Gasteiger partial charge is 0.330 e. The molecule has 0 unspecified atom stereocenters. The largest absolute Gasteiger partial charge is 0.467 e. The zero-order chi connectivity index (χ0) is 16.7. The van der Waals surface area contributed by atoms with Gasteiger partial charge in [0.15, 0.2) is 6.04 Å². The van der Waals surface area contributed by atoms with Crippen molar-refractivity contribution < 1.29 is 19.4 Å². The van der Waals surface area contributed by atoms with Gasteiger partial charge in [0.05, 0.1) is 19.6 Å². The number of carbonyl (C=O) groups is 2. The number of amides is 1. The van der Waals surface area contributed by atoms with Crippen LogP contribution in [0.5, 0.6) is 0 Å². The van der Waals surface area contributed by atoms with E-state index in [0.717, 1.165) is 12.0 Å². The molecule has 0 bridgehead atoms. The lowest BCUT2D eigenvalue weighted by Crippen LogP contribution is -2.45. The van der Waals surface area contributed by atoms with Gasteiger partial charge in [-0.1, -0.05) is 38.1 Å². The molecule has 1 aromatic rings. The fourth-order valence-electron chi connectivity index (χ4n) is 2.18. The molecule has 5 nitrogen and oxygen atoms in total. The fraction of sp³-hybridized carbons (Fsp3) is 0.529. The van der Waals surface area contributed by atoms with Gasteiger partial charge in [0.25, 0.3) is 0 Å². The number of rotatable bonds is 7. The van der Waals surface area contributed by atoms with Crippen molar-refractivity contribution in [2.24, 2.45) is 5.92 Å².